The third-order valence-electron chi connectivity index (χ3n) is 7.84. The first kappa shape index (κ1) is 18.6. The molecule has 0 radical (unpaired) electrons. The molecule has 31 heavy (non-hydrogen) atoms. The Morgan fingerprint density at radius 1 is 0.613 bits per heavy atom. The number of hydrogen-bond acceptors (Lipinski definition) is 0. The van der Waals surface area contributed by atoms with Crippen LogP contribution in [-0.2, 0) is 10.8 Å². The molecule has 0 bridgehead atoms. The Balaban J connectivity index is 1.42. The molecule has 3 aliphatic carbocycles. The Hall–Kier alpha value is -3.12. The molecule has 0 atom stereocenters. The van der Waals surface area contributed by atoms with Crippen LogP contribution in [0.15, 0.2) is 90.5 Å². The molecule has 0 spiro atoms. The van der Waals surface area contributed by atoms with E-state index in [9.17, 15) is 0 Å². The molecular weight excluding hydrogens is 372 g/mol. The average Bonchev–Trinajstić information content (AvgIpc) is 3.01. The first-order chi connectivity index (χ1) is 14.9. The minimum atomic E-state index is 0.0396. The number of rotatable bonds is 1. The van der Waals surface area contributed by atoms with Crippen molar-refractivity contribution in [1.82, 2.24) is 0 Å². The molecule has 0 unspecified atom stereocenters. The first-order valence-corrected chi connectivity index (χ1v) is 11.4. The van der Waals surface area contributed by atoms with E-state index >= 15 is 0 Å². The summed E-state index contributed by atoms with van der Waals surface area (Å²) in [5.41, 5.74) is 14.2. The predicted molar refractivity (Wildman–Crippen MR) is 132 cm³/mol. The van der Waals surface area contributed by atoms with Crippen LogP contribution in [0.3, 0.4) is 0 Å². The highest BCUT2D eigenvalue weighted by atomic mass is 14.4. The van der Waals surface area contributed by atoms with Crippen LogP contribution in [0.25, 0.3) is 22.3 Å². The molecule has 0 N–H and O–H groups in total. The molecule has 0 aliphatic heterocycles. The molecule has 3 aliphatic rings. The summed E-state index contributed by atoms with van der Waals surface area (Å²) in [6.45, 7) is 9.45. The van der Waals surface area contributed by atoms with Crippen molar-refractivity contribution >= 4 is 11.1 Å². The second kappa shape index (κ2) is 6.20. The lowest BCUT2D eigenvalue weighted by Crippen LogP contribution is -2.16. The Bertz CT molecular complexity index is 1340. The summed E-state index contributed by atoms with van der Waals surface area (Å²) < 4.78 is 0. The van der Waals surface area contributed by atoms with E-state index in [4.69, 9.17) is 0 Å². The van der Waals surface area contributed by atoms with Crippen LogP contribution >= 0.6 is 0 Å². The summed E-state index contributed by atoms with van der Waals surface area (Å²) in [4.78, 5) is 0. The zero-order valence-electron chi connectivity index (χ0n) is 18.8. The van der Waals surface area contributed by atoms with Crippen LogP contribution in [-0.4, -0.2) is 0 Å². The fourth-order valence-corrected chi connectivity index (χ4v) is 6.03. The number of hydrogen-bond donors (Lipinski definition) is 0. The van der Waals surface area contributed by atoms with Gasteiger partial charge in [-0.3, -0.25) is 0 Å². The number of allylic oxidation sites excluding steroid dienone is 6. The highest BCUT2D eigenvalue weighted by molar-refractivity contribution is 5.91. The molecule has 3 aromatic carbocycles. The summed E-state index contributed by atoms with van der Waals surface area (Å²) in [6.07, 6.45) is 8.12. The molecule has 152 valence electrons. The molecule has 0 fully saturated rings. The van der Waals surface area contributed by atoms with Gasteiger partial charge in [-0.1, -0.05) is 107 Å². The van der Waals surface area contributed by atoms with Gasteiger partial charge in [0.1, 0.15) is 0 Å². The van der Waals surface area contributed by atoms with Crippen LogP contribution in [0, 0.1) is 0 Å². The Morgan fingerprint density at radius 3 is 2.03 bits per heavy atom. The second-order valence-electron chi connectivity index (χ2n) is 10.2. The van der Waals surface area contributed by atoms with Gasteiger partial charge in [0.15, 0.2) is 0 Å². The van der Waals surface area contributed by atoms with Crippen molar-refractivity contribution in [2.45, 2.75) is 44.9 Å². The molecule has 0 heterocycles. The Kier molecular flexibility index (Phi) is 3.73. The van der Waals surface area contributed by atoms with E-state index in [-0.39, 0.29) is 10.8 Å². The van der Waals surface area contributed by atoms with Gasteiger partial charge in [0.25, 0.3) is 0 Å². The monoisotopic (exact) mass is 400 g/mol. The molecule has 3 aromatic rings. The van der Waals surface area contributed by atoms with E-state index in [0.717, 1.165) is 6.42 Å². The maximum Gasteiger partial charge on any atom is 0.0159 e. The predicted octanol–water partition coefficient (Wildman–Crippen LogP) is 8.08. The zero-order valence-corrected chi connectivity index (χ0v) is 18.8. The summed E-state index contributed by atoms with van der Waals surface area (Å²) >= 11 is 0. The lowest BCUT2D eigenvalue weighted by atomic mass is 9.79. The second-order valence-corrected chi connectivity index (χ2v) is 10.2. The standard InChI is InChI=1S/C31H28/c1-30(2)26-11-7-5-9-22(26)24-16-13-20(15-18-28(24)30)21-14-17-25-23-10-6-8-12-27(23)31(3,4)29(25)19-21/h5-17,19H,18H2,1-4H3. The van der Waals surface area contributed by atoms with Gasteiger partial charge in [0.2, 0.25) is 0 Å². The minimum Gasteiger partial charge on any atom is -0.0725 e. The zero-order chi connectivity index (χ0) is 21.4. The van der Waals surface area contributed by atoms with E-state index in [1.54, 1.807) is 0 Å². The lowest BCUT2D eigenvalue weighted by Gasteiger charge is -2.24. The molecule has 0 heteroatoms. The quantitative estimate of drug-likeness (QED) is 0.387. The highest BCUT2D eigenvalue weighted by Gasteiger charge is 2.37. The van der Waals surface area contributed by atoms with E-state index in [0.29, 0.717) is 0 Å². The van der Waals surface area contributed by atoms with Gasteiger partial charge in [-0.05, 0) is 68.2 Å². The topological polar surface area (TPSA) is 0 Å². The van der Waals surface area contributed by atoms with E-state index in [2.05, 4.69) is 113 Å². The fraction of sp³-hybridized carbons (Fsp3) is 0.226. The minimum absolute atomic E-state index is 0.0396. The van der Waals surface area contributed by atoms with E-state index in [1.807, 2.05) is 0 Å². The van der Waals surface area contributed by atoms with Crippen LogP contribution in [0.4, 0.5) is 0 Å². The summed E-state index contributed by atoms with van der Waals surface area (Å²) in [5, 5.41) is 0. The summed E-state index contributed by atoms with van der Waals surface area (Å²) in [7, 11) is 0. The van der Waals surface area contributed by atoms with Crippen molar-refractivity contribution in [3.05, 3.63) is 118 Å². The van der Waals surface area contributed by atoms with Crippen LogP contribution in [0.2, 0.25) is 0 Å². The molecule has 6 rings (SSSR count). The molecule has 0 nitrogen and oxygen atoms in total. The Morgan fingerprint density at radius 2 is 1.26 bits per heavy atom. The van der Waals surface area contributed by atoms with Crippen molar-refractivity contribution in [3.63, 3.8) is 0 Å². The molecule has 0 amide bonds. The highest BCUT2D eigenvalue weighted by Crippen LogP contribution is 2.51. The van der Waals surface area contributed by atoms with E-state index in [1.165, 1.54) is 55.7 Å². The van der Waals surface area contributed by atoms with Gasteiger partial charge in [0, 0.05) is 10.8 Å². The normalized spacial score (nSPS) is 19.3. The molecule has 0 aromatic heterocycles. The third-order valence-corrected chi connectivity index (χ3v) is 7.84. The summed E-state index contributed by atoms with van der Waals surface area (Å²) in [5.74, 6) is 0. The van der Waals surface area contributed by atoms with Crippen LogP contribution < -0.4 is 0 Å². The third kappa shape index (κ3) is 2.48. The number of fused-ring (bicyclic) bond motifs is 5. The molecule has 0 saturated heterocycles. The fourth-order valence-electron chi connectivity index (χ4n) is 6.03. The molecule has 0 saturated carbocycles. The SMILES string of the molecule is CC1(C)C2=C(C=CC(c3ccc4c(c3)C(C)(C)c3ccccc3-4)=CC2)c2ccccc21. The van der Waals surface area contributed by atoms with Gasteiger partial charge in [-0.25, -0.2) is 0 Å². The largest absolute Gasteiger partial charge is 0.0725 e. The average molecular weight is 401 g/mol. The van der Waals surface area contributed by atoms with Crippen molar-refractivity contribution in [2.75, 3.05) is 0 Å². The van der Waals surface area contributed by atoms with E-state index < -0.39 is 0 Å². The summed E-state index contributed by atoms with van der Waals surface area (Å²) in [6, 6.07) is 24.8. The van der Waals surface area contributed by atoms with Crippen molar-refractivity contribution in [2.24, 2.45) is 0 Å². The van der Waals surface area contributed by atoms with Gasteiger partial charge in [-0.2, -0.15) is 0 Å². The Labute approximate surface area is 185 Å². The van der Waals surface area contributed by atoms with Gasteiger partial charge < -0.3 is 0 Å². The van der Waals surface area contributed by atoms with Gasteiger partial charge >= 0.3 is 0 Å². The van der Waals surface area contributed by atoms with Crippen molar-refractivity contribution in [1.29, 1.82) is 0 Å². The van der Waals surface area contributed by atoms with Crippen molar-refractivity contribution < 1.29 is 0 Å². The first-order valence-electron chi connectivity index (χ1n) is 11.4. The smallest absolute Gasteiger partial charge is 0.0159 e. The maximum atomic E-state index is 2.43. The lowest BCUT2D eigenvalue weighted by molar-refractivity contribution is 0.626. The van der Waals surface area contributed by atoms with Crippen LogP contribution in [0.1, 0.15) is 61.9 Å². The van der Waals surface area contributed by atoms with Crippen LogP contribution in [0.5, 0.6) is 0 Å². The van der Waals surface area contributed by atoms with Gasteiger partial charge in [-0.15, -0.1) is 0 Å². The number of benzene rings is 3. The maximum absolute atomic E-state index is 2.43. The van der Waals surface area contributed by atoms with Crippen molar-refractivity contribution in [3.8, 4) is 11.1 Å². The van der Waals surface area contributed by atoms with Gasteiger partial charge in [0.05, 0.1) is 0 Å². The molecular formula is C31H28.